The Balaban J connectivity index is 2.72. The summed E-state index contributed by atoms with van der Waals surface area (Å²) in [6.45, 7) is 0. The molecular formula is C12H17NO5. The molecule has 0 aliphatic heterocycles. The summed E-state index contributed by atoms with van der Waals surface area (Å²) in [4.78, 5) is 34.0. The van der Waals surface area contributed by atoms with Crippen molar-refractivity contribution in [3.05, 3.63) is 11.3 Å². The van der Waals surface area contributed by atoms with Crippen molar-refractivity contribution >= 4 is 17.8 Å². The van der Waals surface area contributed by atoms with Gasteiger partial charge in [0, 0.05) is 5.70 Å². The highest BCUT2D eigenvalue weighted by Crippen LogP contribution is 2.23. The average Bonchev–Trinajstić information content (AvgIpc) is 2.38. The van der Waals surface area contributed by atoms with Gasteiger partial charge in [-0.05, 0) is 25.7 Å². The molecule has 1 rings (SSSR count). The predicted molar refractivity (Wildman–Crippen MR) is 62.3 cm³/mol. The van der Waals surface area contributed by atoms with E-state index in [2.05, 4.69) is 14.8 Å². The summed E-state index contributed by atoms with van der Waals surface area (Å²) in [6.07, 6.45) is 2.63. The number of hydrogen-bond acceptors (Lipinski definition) is 5. The minimum atomic E-state index is -0.608. The number of esters is 2. The van der Waals surface area contributed by atoms with Gasteiger partial charge in [-0.25, -0.2) is 4.79 Å². The van der Waals surface area contributed by atoms with Crippen LogP contribution < -0.4 is 5.32 Å². The van der Waals surface area contributed by atoms with Crippen LogP contribution in [0.25, 0.3) is 0 Å². The molecule has 0 heterocycles. The molecule has 1 amide bonds. The van der Waals surface area contributed by atoms with E-state index in [1.54, 1.807) is 0 Å². The highest BCUT2D eigenvalue weighted by atomic mass is 16.5. The largest absolute Gasteiger partial charge is 0.469 e. The van der Waals surface area contributed by atoms with E-state index in [0.29, 0.717) is 24.1 Å². The Morgan fingerprint density at radius 1 is 1.11 bits per heavy atom. The molecule has 0 saturated heterocycles. The van der Waals surface area contributed by atoms with Gasteiger partial charge in [0.2, 0.25) is 5.91 Å². The van der Waals surface area contributed by atoms with E-state index < -0.39 is 17.8 Å². The molecule has 1 N–H and O–H groups in total. The molecule has 6 nitrogen and oxygen atoms in total. The molecule has 0 spiro atoms. The van der Waals surface area contributed by atoms with E-state index in [1.807, 2.05) is 0 Å². The first-order valence-corrected chi connectivity index (χ1v) is 5.75. The molecule has 1 aliphatic carbocycles. The van der Waals surface area contributed by atoms with Crippen molar-refractivity contribution in [2.75, 3.05) is 14.2 Å². The van der Waals surface area contributed by atoms with Crippen LogP contribution >= 0.6 is 0 Å². The molecule has 0 radical (unpaired) electrons. The first kappa shape index (κ1) is 14.2. The number of carbonyl (C=O) groups excluding carboxylic acids is 3. The fourth-order valence-electron chi connectivity index (χ4n) is 1.81. The first-order chi connectivity index (χ1) is 8.58. The van der Waals surface area contributed by atoms with E-state index in [1.165, 1.54) is 14.2 Å². The van der Waals surface area contributed by atoms with E-state index in [-0.39, 0.29) is 6.42 Å². The molecule has 0 fully saturated rings. The maximum absolute atomic E-state index is 11.5. The Bertz CT molecular complexity index is 386. The summed E-state index contributed by atoms with van der Waals surface area (Å²) in [5.74, 6) is -1.51. The number of nitrogens with one attached hydrogen (secondary N) is 1. The van der Waals surface area contributed by atoms with Crippen LogP contribution in [0.2, 0.25) is 0 Å². The normalized spacial score (nSPS) is 15.0. The molecule has 100 valence electrons. The van der Waals surface area contributed by atoms with Crippen LogP contribution in [0.5, 0.6) is 0 Å². The topological polar surface area (TPSA) is 81.7 Å². The van der Waals surface area contributed by atoms with Gasteiger partial charge in [0.15, 0.2) is 0 Å². The molecular weight excluding hydrogens is 238 g/mol. The number of allylic oxidation sites excluding steroid dienone is 1. The van der Waals surface area contributed by atoms with Gasteiger partial charge in [0.25, 0.3) is 0 Å². The second kappa shape index (κ2) is 6.78. The van der Waals surface area contributed by atoms with Crippen LogP contribution in [0, 0.1) is 0 Å². The van der Waals surface area contributed by atoms with Gasteiger partial charge in [-0.15, -0.1) is 0 Å². The Labute approximate surface area is 105 Å². The fraction of sp³-hybridized carbons (Fsp3) is 0.583. The second-order valence-corrected chi connectivity index (χ2v) is 3.96. The molecule has 0 aromatic carbocycles. The van der Waals surface area contributed by atoms with Gasteiger partial charge in [-0.1, -0.05) is 0 Å². The summed E-state index contributed by atoms with van der Waals surface area (Å²) in [6, 6.07) is 0. The van der Waals surface area contributed by atoms with Crippen molar-refractivity contribution in [3.8, 4) is 0 Å². The smallest absolute Gasteiger partial charge is 0.335 e. The predicted octanol–water partition coefficient (Wildman–Crippen LogP) is 0.667. The van der Waals surface area contributed by atoms with Crippen LogP contribution in [0.4, 0.5) is 0 Å². The van der Waals surface area contributed by atoms with Crippen molar-refractivity contribution in [3.63, 3.8) is 0 Å². The number of carbonyl (C=O) groups is 3. The zero-order valence-electron chi connectivity index (χ0n) is 10.6. The number of hydrogen-bond donors (Lipinski definition) is 1. The average molecular weight is 255 g/mol. The SMILES string of the molecule is COC(=O)CC(=O)NC1=C(C(=O)OC)CCCC1. The maximum Gasteiger partial charge on any atom is 0.335 e. The maximum atomic E-state index is 11.5. The van der Waals surface area contributed by atoms with Gasteiger partial charge in [-0.2, -0.15) is 0 Å². The highest BCUT2D eigenvalue weighted by molar-refractivity contribution is 5.96. The second-order valence-electron chi connectivity index (χ2n) is 3.96. The minimum Gasteiger partial charge on any atom is -0.469 e. The number of rotatable bonds is 4. The van der Waals surface area contributed by atoms with Crippen LogP contribution in [0.3, 0.4) is 0 Å². The van der Waals surface area contributed by atoms with E-state index >= 15 is 0 Å². The summed E-state index contributed by atoms with van der Waals surface area (Å²) in [7, 11) is 2.52. The van der Waals surface area contributed by atoms with Gasteiger partial charge in [0.05, 0.1) is 19.8 Å². The highest BCUT2D eigenvalue weighted by Gasteiger charge is 2.21. The molecule has 0 saturated carbocycles. The van der Waals surface area contributed by atoms with Crippen molar-refractivity contribution < 1.29 is 23.9 Å². The van der Waals surface area contributed by atoms with E-state index in [9.17, 15) is 14.4 Å². The van der Waals surface area contributed by atoms with Crippen molar-refractivity contribution in [1.82, 2.24) is 5.32 Å². The van der Waals surface area contributed by atoms with Crippen LogP contribution in [0.1, 0.15) is 32.1 Å². The molecule has 0 aromatic rings. The molecule has 18 heavy (non-hydrogen) atoms. The Kier molecular flexibility index (Phi) is 5.35. The molecule has 1 aliphatic rings. The van der Waals surface area contributed by atoms with Gasteiger partial charge >= 0.3 is 11.9 Å². The molecule has 0 unspecified atom stereocenters. The van der Waals surface area contributed by atoms with Crippen molar-refractivity contribution in [2.45, 2.75) is 32.1 Å². The quantitative estimate of drug-likeness (QED) is 0.589. The molecule has 0 aromatic heterocycles. The van der Waals surface area contributed by atoms with Crippen LogP contribution in [0.15, 0.2) is 11.3 Å². The summed E-state index contributed by atoms with van der Waals surface area (Å²) >= 11 is 0. The Morgan fingerprint density at radius 2 is 1.78 bits per heavy atom. The Hall–Kier alpha value is -1.85. The third-order valence-electron chi connectivity index (χ3n) is 2.72. The lowest BCUT2D eigenvalue weighted by molar-refractivity contribution is -0.143. The minimum absolute atomic E-state index is 0.353. The van der Waals surface area contributed by atoms with Crippen molar-refractivity contribution in [1.29, 1.82) is 0 Å². The van der Waals surface area contributed by atoms with Crippen molar-refractivity contribution in [2.24, 2.45) is 0 Å². The summed E-state index contributed by atoms with van der Waals surface area (Å²) < 4.78 is 9.06. The number of methoxy groups -OCH3 is 2. The standard InChI is InChI=1S/C12H17NO5/c1-17-11(15)7-10(14)13-9-6-4-3-5-8(9)12(16)18-2/h3-7H2,1-2H3,(H,13,14). The van der Waals surface area contributed by atoms with Gasteiger partial charge < -0.3 is 14.8 Å². The van der Waals surface area contributed by atoms with Crippen LogP contribution in [-0.4, -0.2) is 32.1 Å². The monoisotopic (exact) mass is 255 g/mol. The molecule has 0 bridgehead atoms. The van der Waals surface area contributed by atoms with Gasteiger partial charge in [0.1, 0.15) is 6.42 Å². The lowest BCUT2D eigenvalue weighted by atomic mass is 9.96. The molecule has 6 heteroatoms. The summed E-state index contributed by atoms with van der Waals surface area (Å²) in [5.41, 5.74) is 1.05. The fourth-order valence-corrected chi connectivity index (χ4v) is 1.81. The Morgan fingerprint density at radius 3 is 2.39 bits per heavy atom. The van der Waals surface area contributed by atoms with Gasteiger partial charge in [-0.3, -0.25) is 9.59 Å². The summed E-state index contributed by atoms with van der Waals surface area (Å²) in [5, 5.41) is 2.59. The third kappa shape index (κ3) is 3.87. The lowest BCUT2D eigenvalue weighted by Crippen LogP contribution is -2.29. The zero-order chi connectivity index (χ0) is 13.5. The van der Waals surface area contributed by atoms with Crippen LogP contribution in [-0.2, 0) is 23.9 Å². The number of ether oxygens (including phenoxy) is 2. The first-order valence-electron chi connectivity index (χ1n) is 5.75. The number of amides is 1. The van der Waals surface area contributed by atoms with E-state index in [0.717, 1.165) is 12.8 Å². The third-order valence-corrected chi connectivity index (χ3v) is 2.72. The molecule has 0 atom stereocenters. The zero-order valence-corrected chi connectivity index (χ0v) is 10.6. The lowest BCUT2D eigenvalue weighted by Gasteiger charge is -2.19. The van der Waals surface area contributed by atoms with E-state index in [4.69, 9.17) is 0 Å².